The van der Waals surface area contributed by atoms with Crippen molar-refractivity contribution < 1.29 is 0 Å². The minimum atomic E-state index is 0.818. The topological polar surface area (TPSA) is 41.1 Å². The Hall–Kier alpha value is -2.10. The predicted molar refractivity (Wildman–Crippen MR) is 80.1 cm³/mol. The molecule has 2 rings (SSSR count). The van der Waals surface area contributed by atoms with Crippen molar-refractivity contribution in [2.24, 2.45) is 0 Å². The summed E-state index contributed by atoms with van der Waals surface area (Å²) in [7, 11) is 2.00. The molecule has 0 aliphatic rings. The third kappa shape index (κ3) is 3.44. The molecule has 0 fully saturated rings. The largest absolute Gasteiger partial charge is 0.369 e. The summed E-state index contributed by atoms with van der Waals surface area (Å²) in [6, 6.07) is 8.34. The first-order chi connectivity index (χ1) is 9.20. The zero-order chi connectivity index (χ0) is 13.7. The number of aryl methyl sites for hydroxylation is 1. The van der Waals surface area contributed by atoms with Crippen LogP contribution < -0.4 is 10.2 Å². The monoisotopic (exact) mass is 256 g/mol. The molecule has 1 heterocycles. The molecule has 100 valence electrons. The van der Waals surface area contributed by atoms with E-state index in [9.17, 15) is 0 Å². The molecule has 0 unspecified atom stereocenters. The van der Waals surface area contributed by atoms with Gasteiger partial charge in [-0.15, -0.1) is 0 Å². The zero-order valence-corrected chi connectivity index (χ0v) is 11.7. The minimum Gasteiger partial charge on any atom is -0.369 e. The number of anilines is 3. The lowest BCUT2D eigenvalue weighted by atomic mass is 10.2. The standard InChI is InChI=1S/C15H20N4/c1-4-8-17-14-10-16-11-15(18-14)19(3)13-7-5-6-12(2)9-13/h5-7,9-11H,4,8H2,1-3H3,(H,17,18). The Morgan fingerprint density at radius 3 is 2.84 bits per heavy atom. The summed E-state index contributed by atoms with van der Waals surface area (Å²) >= 11 is 0. The van der Waals surface area contributed by atoms with Gasteiger partial charge in [0, 0.05) is 19.3 Å². The third-order valence-electron chi connectivity index (χ3n) is 2.91. The average molecular weight is 256 g/mol. The van der Waals surface area contributed by atoms with Gasteiger partial charge in [-0.3, -0.25) is 4.98 Å². The van der Waals surface area contributed by atoms with Crippen LogP contribution in [0.1, 0.15) is 18.9 Å². The van der Waals surface area contributed by atoms with Gasteiger partial charge in [-0.1, -0.05) is 19.1 Å². The number of hydrogen-bond acceptors (Lipinski definition) is 4. The highest BCUT2D eigenvalue weighted by molar-refractivity contribution is 5.60. The summed E-state index contributed by atoms with van der Waals surface area (Å²) in [6.45, 7) is 5.12. The first-order valence-corrected chi connectivity index (χ1v) is 6.57. The fraction of sp³-hybridized carbons (Fsp3) is 0.333. The van der Waals surface area contributed by atoms with Crippen LogP contribution in [-0.4, -0.2) is 23.6 Å². The molecular weight excluding hydrogens is 236 g/mol. The molecule has 0 saturated heterocycles. The van der Waals surface area contributed by atoms with Gasteiger partial charge in [0.1, 0.15) is 5.82 Å². The quantitative estimate of drug-likeness (QED) is 0.890. The summed E-state index contributed by atoms with van der Waals surface area (Å²) in [4.78, 5) is 10.8. The van der Waals surface area contributed by atoms with Gasteiger partial charge in [0.25, 0.3) is 0 Å². The molecule has 0 spiro atoms. The van der Waals surface area contributed by atoms with Crippen LogP contribution in [0.4, 0.5) is 17.3 Å². The van der Waals surface area contributed by atoms with Crippen LogP contribution in [0.2, 0.25) is 0 Å². The molecule has 1 aromatic carbocycles. The van der Waals surface area contributed by atoms with Crippen LogP contribution in [0, 0.1) is 6.92 Å². The van der Waals surface area contributed by atoms with Gasteiger partial charge < -0.3 is 10.2 Å². The summed E-state index contributed by atoms with van der Waals surface area (Å²) in [5.74, 6) is 1.66. The lowest BCUT2D eigenvalue weighted by Crippen LogP contribution is -2.13. The van der Waals surface area contributed by atoms with Crippen molar-refractivity contribution in [3.05, 3.63) is 42.2 Å². The fourth-order valence-corrected chi connectivity index (χ4v) is 1.82. The SMILES string of the molecule is CCCNc1cncc(N(C)c2cccc(C)c2)n1. The molecule has 0 bridgehead atoms. The second-order valence-corrected chi connectivity index (χ2v) is 4.59. The van der Waals surface area contributed by atoms with Gasteiger partial charge in [-0.2, -0.15) is 0 Å². The number of nitrogens with zero attached hydrogens (tertiary/aromatic N) is 3. The maximum Gasteiger partial charge on any atom is 0.153 e. The fourth-order valence-electron chi connectivity index (χ4n) is 1.82. The molecule has 2 aromatic rings. The lowest BCUT2D eigenvalue weighted by molar-refractivity contribution is 0.960. The Balaban J connectivity index is 2.21. The van der Waals surface area contributed by atoms with Crippen LogP contribution in [0.3, 0.4) is 0 Å². The van der Waals surface area contributed by atoms with Crippen molar-refractivity contribution in [3.8, 4) is 0 Å². The first-order valence-electron chi connectivity index (χ1n) is 6.57. The van der Waals surface area contributed by atoms with Crippen molar-refractivity contribution in [1.29, 1.82) is 0 Å². The van der Waals surface area contributed by atoms with E-state index >= 15 is 0 Å². The predicted octanol–water partition coefficient (Wildman–Crippen LogP) is 3.37. The maximum absolute atomic E-state index is 4.57. The minimum absolute atomic E-state index is 0.818. The van der Waals surface area contributed by atoms with Crippen molar-refractivity contribution in [3.63, 3.8) is 0 Å². The van der Waals surface area contributed by atoms with Crippen molar-refractivity contribution in [2.75, 3.05) is 23.8 Å². The molecule has 4 heteroatoms. The number of rotatable bonds is 5. The molecule has 0 atom stereocenters. The number of nitrogens with one attached hydrogen (secondary N) is 1. The molecule has 0 amide bonds. The van der Waals surface area contributed by atoms with Gasteiger partial charge in [0.2, 0.25) is 0 Å². The maximum atomic E-state index is 4.57. The van der Waals surface area contributed by atoms with Crippen LogP contribution in [0.5, 0.6) is 0 Å². The van der Waals surface area contributed by atoms with E-state index in [-0.39, 0.29) is 0 Å². The van der Waals surface area contributed by atoms with E-state index in [1.54, 1.807) is 12.4 Å². The lowest BCUT2D eigenvalue weighted by Gasteiger charge is -2.19. The van der Waals surface area contributed by atoms with Gasteiger partial charge in [-0.05, 0) is 31.0 Å². The molecule has 4 nitrogen and oxygen atoms in total. The molecule has 0 aliphatic carbocycles. The number of benzene rings is 1. The summed E-state index contributed by atoms with van der Waals surface area (Å²) in [5.41, 5.74) is 2.35. The third-order valence-corrected chi connectivity index (χ3v) is 2.91. The van der Waals surface area contributed by atoms with E-state index in [0.717, 1.165) is 30.3 Å². The first kappa shape index (κ1) is 13.3. The molecule has 0 aliphatic heterocycles. The van der Waals surface area contributed by atoms with Crippen molar-refractivity contribution in [1.82, 2.24) is 9.97 Å². The smallest absolute Gasteiger partial charge is 0.153 e. The Morgan fingerprint density at radius 1 is 1.26 bits per heavy atom. The van der Waals surface area contributed by atoms with E-state index in [2.05, 4.69) is 47.3 Å². The average Bonchev–Trinajstić information content (AvgIpc) is 2.44. The van der Waals surface area contributed by atoms with Crippen LogP contribution in [0.25, 0.3) is 0 Å². The number of hydrogen-bond donors (Lipinski definition) is 1. The highest BCUT2D eigenvalue weighted by Crippen LogP contribution is 2.22. The molecule has 1 aromatic heterocycles. The molecule has 0 radical (unpaired) electrons. The Kier molecular flexibility index (Phi) is 4.34. The van der Waals surface area contributed by atoms with E-state index in [4.69, 9.17) is 0 Å². The van der Waals surface area contributed by atoms with Gasteiger partial charge >= 0.3 is 0 Å². The summed E-state index contributed by atoms with van der Waals surface area (Å²) < 4.78 is 0. The van der Waals surface area contributed by atoms with Crippen molar-refractivity contribution in [2.45, 2.75) is 20.3 Å². The van der Waals surface area contributed by atoms with E-state index < -0.39 is 0 Å². The van der Waals surface area contributed by atoms with Crippen LogP contribution in [-0.2, 0) is 0 Å². The second kappa shape index (κ2) is 6.18. The second-order valence-electron chi connectivity index (χ2n) is 4.59. The van der Waals surface area contributed by atoms with Crippen molar-refractivity contribution >= 4 is 17.3 Å². The van der Waals surface area contributed by atoms with Crippen LogP contribution in [0.15, 0.2) is 36.7 Å². The Labute approximate surface area is 114 Å². The molecule has 19 heavy (non-hydrogen) atoms. The highest BCUT2D eigenvalue weighted by atomic mass is 15.2. The summed E-state index contributed by atoms with van der Waals surface area (Å²) in [5, 5.41) is 3.25. The normalized spacial score (nSPS) is 10.3. The molecular formula is C15H20N4. The summed E-state index contributed by atoms with van der Waals surface area (Å²) in [6.07, 6.45) is 4.60. The van der Waals surface area contributed by atoms with E-state index in [1.807, 2.05) is 18.0 Å². The Morgan fingerprint density at radius 2 is 2.11 bits per heavy atom. The van der Waals surface area contributed by atoms with Gasteiger partial charge in [0.15, 0.2) is 5.82 Å². The van der Waals surface area contributed by atoms with Gasteiger partial charge in [0.05, 0.1) is 12.4 Å². The van der Waals surface area contributed by atoms with Gasteiger partial charge in [-0.25, -0.2) is 4.98 Å². The van der Waals surface area contributed by atoms with Crippen LogP contribution >= 0.6 is 0 Å². The molecule has 0 saturated carbocycles. The molecule has 1 N–H and O–H groups in total. The van der Waals surface area contributed by atoms with E-state index in [0.29, 0.717) is 0 Å². The number of aromatic nitrogens is 2. The van der Waals surface area contributed by atoms with E-state index in [1.165, 1.54) is 5.56 Å². The zero-order valence-electron chi connectivity index (χ0n) is 11.7. The highest BCUT2D eigenvalue weighted by Gasteiger charge is 2.06. The Bertz CT molecular complexity index is 539.